The fourth-order valence-electron chi connectivity index (χ4n) is 2.78. The van der Waals surface area contributed by atoms with E-state index in [1.807, 2.05) is 0 Å². The van der Waals surface area contributed by atoms with Gasteiger partial charge >= 0.3 is 5.97 Å². The Labute approximate surface area is 194 Å². The van der Waals surface area contributed by atoms with Gasteiger partial charge in [0, 0.05) is 47.1 Å². The maximum absolute atomic E-state index is 13.1. The van der Waals surface area contributed by atoms with Crippen LogP contribution in [0.2, 0.25) is 5.02 Å². The molecule has 0 amide bonds. The Morgan fingerprint density at radius 3 is 2.10 bits per heavy atom. The number of methoxy groups -OCH3 is 1. The van der Waals surface area contributed by atoms with Crippen molar-refractivity contribution >= 4 is 63.8 Å². The summed E-state index contributed by atoms with van der Waals surface area (Å²) < 4.78 is 10.7. The average molecular weight is 435 g/mol. The van der Waals surface area contributed by atoms with E-state index in [0.717, 1.165) is 0 Å². The van der Waals surface area contributed by atoms with Crippen LogP contribution in [0.1, 0.15) is 28.5 Å². The summed E-state index contributed by atoms with van der Waals surface area (Å²) in [7, 11) is 1.49. The van der Waals surface area contributed by atoms with Crippen molar-refractivity contribution in [1.82, 2.24) is 4.98 Å². The van der Waals surface area contributed by atoms with Gasteiger partial charge in [0.1, 0.15) is 5.75 Å². The number of halogens is 1. The molecule has 0 spiro atoms. The molecule has 3 aromatic rings. The number of nitrogens with one attached hydrogen (secondary N) is 1. The SMILES string of the molecule is COc1ccc2[nH]c(C)c(OC(C)=O)c2c1C(=O)c1ccc(Cl)cc1.O.O.O.[Na]. The number of ether oxygens (including phenoxy) is 2. The van der Waals surface area contributed by atoms with Crippen LogP contribution in [0.15, 0.2) is 36.4 Å². The molecule has 3 rings (SSSR count). The van der Waals surface area contributed by atoms with Gasteiger partial charge in [-0.05, 0) is 43.3 Å². The molecule has 0 aliphatic rings. The summed E-state index contributed by atoms with van der Waals surface area (Å²) in [6.07, 6.45) is 0. The fraction of sp³-hybridized carbons (Fsp3) is 0.158. The van der Waals surface area contributed by atoms with Crippen LogP contribution in [0, 0.1) is 6.92 Å². The van der Waals surface area contributed by atoms with Crippen molar-refractivity contribution in [2.45, 2.75) is 13.8 Å². The Bertz CT molecular complexity index is 986. The van der Waals surface area contributed by atoms with E-state index in [9.17, 15) is 9.59 Å². The van der Waals surface area contributed by atoms with Gasteiger partial charge in [-0.3, -0.25) is 9.59 Å². The smallest absolute Gasteiger partial charge is 0.308 e. The van der Waals surface area contributed by atoms with Gasteiger partial charge in [-0.15, -0.1) is 0 Å². The first kappa shape index (κ1) is 29.3. The average Bonchev–Trinajstić information content (AvgIpc) is 2.89. The quantitative estimate of drug-likeness (QED) is 0.373. The topological polar surface area (TPSA) is 163 Å². The fourth-order valence-corrected chi connectivity index (χ4v) is 2.91. The molecule has 153 valence electrons. The molecule has 0 saturated heterocycles. The third kappa shape index (κ3) is 5.80. The third-order valence-electron chi connectivity index (χ3n) is 3.86. The molecule has 29 heavy (non-hydrogen) atoms. The summed E-state index contributed by atoms with van der Waals surface area (Å²) in [6, 6.07) is 10.1. The number of ketones is 1. The molecule has 0 aliphatic heterocycles. The summed E-state index contributed by atoms with van der Waals surface area (Å²) in [5, 5.41) is 1.06. The zero-order valence-corrected chi connectivity index (χ0v) is 19.2. The van der Waals surface area contributed by atoms with E-state index in [-0.39, 0.29) is 51.8 Å². The molecule has 0 bridgehead atoms. The van der Waals surface area contributed by atoms with Gasteiger partial charge in [-0.1, -0.05) is 11.6 Å². The van der Waals surface area contributed by atoms with Crippen molar-refractivity contribution in [1.29, 1.82) is 0 Å². The van der Waals surface area contributed by atoms with Crippen molar-refractivity contribution < 1.29 is 35.5 Å². The van der Waals surface area contributed by atoms with Crippen LogP contribution in [-0.4, -0.2) is 69.8 Å². The van der Waals surface area contributed by atoms with E-state index in [0.29, 0.717) is 44.2 Å². The van der Waals surface area contributed by atoms with E-state index in [1.54, 1.807) is 43.3 Å². The molecule has 2 aromatic carbocycles. The summed E-state index contributed by atoms with van der Waals surface area (Å²) in [5.41, 5.74) is 2.14. The number of carbonyl (C=O) groups excluding carboxylic acids is 2. The van der Waals surface area contributed by atoms with Gasteiger partial charge in [0.15, 0.2) is 11.5 Å². The van der Waals surface area contributed by atoms with Crippen molar-refractivity contribution in [2.24, 2.45) is 0 Å². The van der Waals surface area contributed by atoms with E-state index >= 15 is 0 Å². The molecule has 7 N–H and O–H groups in total. The molecule has 0 saturated carbocycles. The molecule has 0 fully saturated rings. The van der Waals surface area contributed by atoms with Crippen LogP contribution in [0.5, 0.6) is 11.5 Å². The van der Waals surface area contributed by atoms with Crippen LogP contribution in [0.3, 0.4) is 0 Å². The molecule has 1 heterocycles. The maximum atomic E-state index is 13.1. The Morgan fingerprint density at radius 1 is 1.00 bits per heavy atom. The van der Waals surface area contributed by atoms with Gasteiger partial charge in [0.05, 0.1) is 29.3 Å². The number of hydrogen-bond donors (Lipinski definition) is 1. The first-order valence-corrected chi connectivity index (χ1v) is 7.98. The Morgan fingerprint density at radius 2 is 1.59 bits per heavy atom. The zero-order valence-electron chi connectivity index (χ0n) is 16.5. The number of carbonyl (C=O) groups is 2. The largest absolute Gasteiger partial charge is 0.496 e. The number of fused-ring (bicyclic) bond motifs is 1. The molecule has 0 aliphatic carbocycles. The second-order valence-electron chi connectivity index (χ2n) is 5.57. The minimum atomic E-state index is -0.461. The van der Waals surface area contributed by atoms with E-state index in [2.05, 4.69) is 4.98 Å². The summed E-state index contributed by atoms with van der Waals surface area (Å²) >= 11 is 5.90. The second kappa shape index (κ2) is 11.9. The molecule has 1 radical (unpaired) electrons. The van der Waals surface area contributed by atoms with Crippen LogP contribution in [0.4, 0.5) is 0 Å². The summed E-state index contributed by atoms with van der Waals surface area (Å²) in [5.74, 6) is 0.0294. The van der Waals surface area contributed by atoms with Crippen LogP contribution < -0.4 is 9.47 Å². The number of hydrogen-bond acceptors (Lipinski definition) is 4. The number of rotatable bonds is 4. The number of benzene rings is 2. The number of aryl methyl sites for hydroxylation is 1. The van der Waals surface area contributed by atoms with Crippen LogP contribution in [0.25, 0.3) is 10.9 Å². The molecule has 0 unspecified atom stereocenters. The van der Waals surface area contributed by atoms with Crippen LogP contribution in [-0.2, 0) is 4.79 Å². The third-order valence-corrected chi connectivity index (χ3v) is 4.11. The van der Waals surface area contributed by atoms with Gasteiger partial charge in [-0.25, -0.2) is 0 Å². The first-order valence-electron chi connectivity index (χ1n) is 7.60. The van der Waals surface area contributed by atoms with Gasteiger partial charge in [0.2, 0.25) is 0 Å². The zero-order chi connectivity index (χ0) is 18.1. The molecular formula is C19H22ClNNaO7. The Kier molecular flexibility index (Phi) is 12.1. The predicted octanol–water partition coefficient (Wildman–Crippen LogP) is 1.44. The minimum absolute atomic E-state index is 0. The number of aromatic amines is 1. The van der Waals surface area contributed by atoms with Gasteiger partial charge < -0.3 is 30.9 Å². The number of aromatic nitrogens is 1. The summed E-state index contributed by atoms with van der Waals surface area (Å²) in [4.78, 5) is 27.7. The molecule has 8 nitrogen and oxygen atoms in total. The standard InChI is InChI=1S/C19H16ClNO4.Na.3H2O/c1-10-19(25-11(2)22)16-14(21-10)8-9-15(24-3)17(16)18(23)12-4-6-13(20)7-5-12;;;;/h4-9,21H,1-3H3;;3*1H2. The van der Waals surface area contributed by atoms with E-state index in [4.69, 9.17) is 21.1 Å². The Hall–Kier alpha value is -1.91. The van der Waals surface area contributed by atoms with Gasteiger partial charge in [-0.2, -0.15) is 0 Å². The predicted molar refractivity (Wildman–Crippen MR) is 112 cm³/mol. The normalized spacial score (nSPS) is 9.24. The molecule has 0 atom stereocenters. The molecule has 1 aromatic heterocycles. The van der Waals surface area contributed by atoms with Crippen molar-refractivity contribution in [3.8, 4) is 11.5 Å². The molecule has 10 heteroatoms. The first-order chi connectivity index (χ1) is 11.9. The monoisotopic (exact) mass is 434 g/mol. The Balaban J connectivity index is 0. The maximum Gasteiger partial charge on any atom is 0.308 e. The second-order valence-corrected chi connectivity index (χ2v) is 6.01. The van der Waals surface area contributed by atoms with Crippen molar-refractivity contribution in [2.75, 3.05) is 7.11 Å². The van der Waals surface area contributed by atoms with Crippen molar-refractivity contribution in [3.63, 3.8) is 0 Å². The van der Waals surface area contributed by atoms with E-state index in [1.165, 1.54) is 14.0 Å². The minimum Gasteiger partial charge on any atom is -0.496 e. The molecular weight excluding hydrogens is 413 g/mol. The van der Waals surface area contributed by atoms with Gasteiger partial charge in [0.25, 0.3) is 0 Å². The van der Waals surface area contributed by atoms with Crippen molar-refractivity contribution in [3.05, 3.63) is 58.2 Å². The summed E-state index contributed by atoms with van der Waals surface area (Å²) in [6.45, 7) is 3.10. The van der Waals surface area contributed by atoms with E-state index < -0.39 is 5.97 Å². The number of H-pyrrole nitrogens is 1. The van der Waals surface area contributed by atoms with Crippen LogP contribution >= 0.6 is 11.6 Å². The number of esters is 1.